The second-order valence-electron chi connectivity index (χ2n) is 4.73. The first-order chi connectivity index (χ1) is 7.69. The van der Waals surface area contributed by atoms with Crippen LogP contribution in [-0.4, -0.2) is 18.2 Å². The van der Waals surface area contributed by atoms with E-state index in [0.717, 1.165) is 13.1 Å². The molecule has 1 heterocycles. The largest absolute Gasteiger partial charge is 0.392 e. The average Bonchev–Trinajstić information content (AvgIpc) is 2.85. The van der Waals surface area contributed by atoms with Gasteiger partial charge in [0.05, 0.1) is 6.61 Å². The van der Waals surface area contributed by atoms with Crippen molar-refractivity contribution in [3.8, 4) is 0 Å². The van der Waals surface area contributed by atoms with Gasteiger partial charge in [0, 0.05) is 13.1 Å². The normalized spacial score (nSPS) is 27.1. The van der Waals surface area contributed by atoms with Gasteiger partial charge in [0.15, 0.2) is 0 Å². The maximum absolute atomic E-state index is 13.7. The van der Waals surface area contributed by atoms with Crippen LogP contribution in [0.15, 0.2) is 12.1 Å². The van der Waals surface area contributed by atoms with E-state index in [1.165, 1.54) is 18.6 Å². The van der Waals surface area contributed by atoms with Gasteiger partial charge in [-0.25, -0.2) is 8.78 Å². The van der Waals surface area contributed by atoms with Crippen molar-refractivity contribution in [2.24, 2.45) is 11.8 Å². The molecule has 2 atom stereocenters. The number of hydrogen-bond donors (Lipinski definition) is 1. The minimum atomic E-state index is -0.564. The molecule has 1 aliphatic heterocycles. The Labute approximate surface area is 92.5 Å². The summed E-state index contributed by atoms with van der Waals surface area (Å²) in [5.74, 6) is 0.142. The molecule has 4 heteroatoms. The summed E-state index contributed by atoms with van der Waals surface area (Å²) >= 11 is 0. The number of benzene rings is 1. The summed E-state index contributed by atoms with van der Waals surface area (Å²) in [5, 5.41) is 8.84. The summed E-state index contributed by atoms with van der Waals surface area (Å²) < 4.78 is 27.4. The van der Waals surface area contributed by atoms with Crippen molar-refractivity contribution in [3.05, 3.63) is 29.3 Å². The van der Waals surface area contributed by atoms with Crippen molar-refractivity contribution >= 4 is 5.69 Å². The van der Waals surface area contributed by atoms with Crippen LogP contribution in [-0.2, 0) is 6.61 Å². The van der Waals surface area contributed by atoms with E-state index in [1.54, 1.807) is 4.90 Å². The first-order valence-corrected chi connectivity index (χ1v) is 5.52. The van der Waals surface area contributed by atoms with Crippen LogP contribution >= 0.6 is 0 Å². The van der Waals surface area contributed by atoms with Gasteiger partial charge in [-0.2, -0.15) is 0 Å². The van der Waals surface area contributed by atoms with E-state index >= 15 is 0 Å². The van der Waals surface area contributed by atoms with Gasteiger partial charge in [-0.15, -0.1) is 0 Å². The Bertz CT molecular complexity index is 402. The van der Waals surface area contributed by atoms with Crippen LogP contribution < -0.4 is 4.90 Å². The van der Waals surface area contributed by atoms with E-state index < -0.39 is 11.6 Å². The summed E-state index contributed by atoms with van der Waals surface area (Å²) in [7, 11) is 0. The molecule has 1 aromatic carbocycles. The predicted octanol–water partition coefficient (Wildman–Crippen LogP) is 1.91. The van der Waals surface area contributed by atoms with E-state index in [4.69, 9.17) is 5.11 Å². The topological polar surface area (TPSA) is 23.5 Å². The number of piperidine rings is 1. The number of nitrogens with zero attached hydrogens (tertiary/aromatic N) is 1. The zero-order valence-electron chi connectivity index (χ0n) is 8.79. The lowest BCUT2D eigenvalue weighted by Crippen LogP contribution is -2.24. The standard InChI is InChI=1S/C12H13F2NO/c13-10-1-7(6-16)2-11(14)12(10)15-4-8-3-9(8)5-15/h1-2,8-9,16H,3-6H2. The molecule has 16 heavy (non-hydrogen) atoms. The summed E-state index contributed by atoms with van der Waals surface area (Å²) in [5.41, 5.74) is 0.354. The Kier molecular flexibility index (Phi) is 2.14. The average molecular weight is 225 g/mol. The molecule has 3 rings (SSSR count). The fraction of sp³-hybridized carbons (Fsp3) is 0.500. The number of fused-ring (bicyclic) bond motifs is 1. The van der Waals surface area contributed by atoms with Gasteiger partial charge in [0.25, 0.3) is 0 Å². The third-order valence-electron chi connectivity index (χ3n) is 3.55. The Hall–Kier alpha value is -1.16. The van der Waals surface area contributed by atoms with Crippen LogP contribution in [0.3, 0.4) is 0 Å². The molecule has 1 saturated carbocycles. The van der Waals surface area contributed by atoms with Gasteiger partial charge in [0.1, 0.15) is 17.3 Å². The van der Waals surface area contributed by atoms with Crippen LogP contribution in [0.25, 0.3) is 0 Å². The van der Waals surface area contributed by atoms with Crippen molar-refractivity contribution in [2.45, 2.75) is 13.0 Å². The number of aliphatic hydroxyl groups excluding tert-OH is 1. The molecule has 1 aromatic rings. The molecule has 0 bridgehead atoms. The highest BCUT2D eigenvalue weighted by Crippen LogP contribution is 2.47. The first-order valence-electron chi connectivity index (χ1n) is 5.52. The van der Waals surface area contributed by atoms with Crippen molar-refractivity contribution in [1.82, 2.24) is 0 Å². The predicted molar refractivity (Wildman–Crippen MR) is 56.1 cm³/mol. The first kappa shape index (κ1) is 10.0. The molecule has 2 nitrogen and oxygen atoms in total. The van der Waals surface area contributed by atoms with E-state index in [0.29, 0.717) is 11.8 Å². The van der Waals surface area contributed by atoms with Crippen LogP contribution in [0.2, 0.25) is 0 Å². The molecule has 1 saturated heterocycles. The van der Waals surface area contributed by atoms with Crippen molar-refractivity contribution in [3.63, 3.8) is 0 Å². The minimum absolute atomic E-state index is 0.0735. The second kappa shape index (κ2) is 3.42. The molecule has 0 amide bonds. The molecule has 86 valence electrons. The lowest BCUT2D eigenvalue weighted by atomic mass is 10.1. The number of anilines is 1. The van der Waals surface area contributed by atoms with Crippen molar-refractivity contribution in [2.75, 3.05) is 18.0 Å². The lowest BCUT2D eigenvalue weighted by molar-refractivity contribution is 0.280. The van der Waals surface area contributed by atoms with Crippen molar-refractivity contribution < 1.29 is 13.9 Å². The fourth-order valence-corrected chi connectivity index (χ4v) is 2.59. The summed E-state index contributed by atoms with van der Waals surface area (Å²) in [6.07, 6.45) is 1.20. The highest BCUT2D eigenvalue weighted by molar-refractivity contribution is 5.52. The Balaban J connectivity index is 1.94. The highest BCUT2D eigenvalue weighted by Gasteiger charge is 2.46. The number of halogens is 2. The number of hydrogen-bond acceptors (Lipinski definition) is 2. The zero-order valence-corrected chi connectivity index (χ0v) is 8.79. The molecule has 2 unspecified atom stereocenters. The van der Waals surface area contributed by atoms with Gasteiger partial charge in [-0.05, 0) is 36.0 Å². The summed E-state index contributed by atoms with van der Waals surface area (Å²) in [6.45, 7) is 1.19. The highest BCUT2D eigenvalue weighted by atomic mass is 19.1. The molecule has 0 aromatic heterocycles. The summed E-state index contributed by atoms with van der Waals surface area (Å²) in [4.78, 5) is 1.78. The van der Waals surface area contributed by atoms with Gasteiger partial charge in [-0.1, -0.05) is 0 Å². The Morgan fingerprint density at radius 2 is 1.75 bits per heavy atom. The van der Waals surface area contributed by atoms with Crippen LogP contribution in [0.5, 0.6) is 0 Å². The zero-order chi connectivity index (χ0) is 11.3. The fourth-order valence-electron chi connectivity index (χ4n) is 2.59. The van der Waals surface area contributed by atoms with E-state index in [-0.39, 0.29) is 17.9 Å². The van der Waals surface area contributed by atoms with Gasteiger partial charge in [-0.3, -0.25) is 0 Å². The molecule has 1 aliphatic carbocycles. The van der Waals surface area contributed by atoms with Gasteiger partial charge in [0.2, 0.25) is 0 Å². The molecule has 2 fully saturated rings. The lowest BCUT2D eigenvalue weighted by Gasteiger charge is -2.21. The number of aliphatic hydroxyl groups is 1. The summed E-state index contributed by atoms with van der Waals surface area (Å²) in [6, 6.07) is 2.42. The van der Waals surface area contributed by atoms with Gasteiger partial charge < -0.3 is 10.0 Å². The molecular weight excluding hydrogens is 212 g/mol. The SMILES string of the molecule is OCc1cc(F)c(N2CC3CC3C2)c(F)c1. The second-order valence-corrected chi connectivity index (χ2v) is 4.73. The van der Waals surface area contributed by atoms with Crippen LogP contribution in [0, 0.1) is 23.5 Å². The quantitative estimate of drug-likeness (QED) is 0.831. The van der Waals surface area contributed by atoms with E-state index in [9.17, 15) is 8.78 Å². The molecule has 2 aliphatic rings. The van der Waals surface area contributed by atoms with Crippen molar-refractivity contribution in [1.29, 1.82) is 0 Å². The third kappa shape index (κ3) is 1.48. The Morgan fingerprint density at radius 1 is 1.19 bits per heavy atom. The number of rotatable bonds is 2. The Morgan fingerprint density at radius 3 is 2.25 bits per heavy atom. The van der Waals surface area contributed by atoms with Gasteiger partial charge >= 0.3 is 0 Å². The van der Waals surface area contributed by atoms with E-state index in [2.05, 4.69) is 0 Å². The molecule has 0 radical (unpaired) electrons. The molecule has 1 N–H and O–H groups in total. The molecule has 0 spiro atoms. The third-order valence-corrected chi connectivity index (χ3v) is 3.55. The van der Waals surface area contributed by atoms with E-state index in [1.807, 2.05) is 0 Å². The monoisotopic (exact) mass is 225 g/mol. The minimum Gasteiger partial charge on any atom is -0.392 e. The maximum Gasteiger partial charge on any atom is 0.149 e. The maximum atomic E-state index is 13.7. The smallest absolute Gasteiger partial charge is 0.149 e. The van der Waals surface area contributed by atoms with Crippen LogP contribution in [0.1, 0.15) is 12.0 Å². The van der Waals surface area contributed by atoms with Crippen LogP contribution in [0.4, 0.5) is 14.5 Å². The molecular formula is C12H13F2NO.